The van der Waals surface area contributed by atoms with E-state index in [1.165, 1.54) is 12.1 Å². The summed E-state index contributed by atoms with van der Waals surface area (Å²) in [7, 11) is -3.49. The second kappa shape index (κ2) is 5.93. The zero-order valence-electron chi connectivity index (χ0n) is 11.1. The van der Waals surface area contributed by atoms with Gasteiger partial charge in [0.05, 0.1) is 34.8 Å². The van der Waals surface area contributed by atoms with E-state index in [9.17, 15) is 8.42 Å². The lowest BCUT2D eigenvalue weighted by Gasteiger charge is -2.11. The number of rotatable bonds is 6. The molecule has 20 heavy (non-hydrogen) atoms. The molecular formula is C12H17N5O2S. The van der Waals surface area contributed by atoms with E-state index >= 15 is 0 Å². The molecule has 0 saturated carbocycles. The number of nitrogens with zero attached hydrogens (tertiary/aromatic N) is 1. The van der Waals surface area contributed by atoms with E-state index in [1.54, 1.807) is 25.5 Å². The van der Waals surface area contributed by atoms with Crippen LogP contribution in [0.3, 0.4) is 0 Å². The van der Waals surface area contributed by atoms with Crippen LogP contribution in [-0.2, 0) is 16.6 Å². The summed E-state index contributed by atoms with van der Waals surface area (Å²) in [4.78, 5) is 7.03. The van der Waals surface area contributed by atoms with Gasteiger partial charge in [-0.25, -0.2) is 18.1 Å². The Labute approximate surface area is 117 Å². The molecule has 108 valence electrons. The highest BCUT2D eigenvalue weighted by Gasteiger charge is 2.14. The number of nitrogens with two attached hydrogens (primary N) is 1. The Morgan fingerprint density at radius 1 is 1.40 bits per heavy atom. The van der Waals surface area contributed by atoms with Crippen molar-refractivity contribution < 1.29 is 8.42 Å². The highest BCUT2D eigenvalue weighted by Crippen LogP contribution is 2.23. The summed E-state index contributed by atoms with van der Waals surface area (Å²) in [5.74, 6) is 0. The predicted molar refractivity (Wildman–Crippen MR) is 77.6 cm³/mol. The Balaban J connectivity index is 2.20. The van der Waals surface area contributed by atoms with Crippen LogP contribution in [0.25, 0.3) is 0 Å². The fraction of sp³-hybridized carbons (Fsp3) is 0.250. The molecule has 1 heterocycles. The van der Waals surface area contributed by atoms with Crippen molar-refractivity contribution in [1.82, 2.24) is 14.7 Å². The van der Waals surface area contributed by atoms with Gasteiger partial charge in [0.1, 0.15) is 0 Å². The van der Waals surface area contributed by atoms with E-state index in [2.05, 4.69) is 20.0 Å². The number of benzene rings is 1. The van der Waals surface area contributed by atoms with Crippen LogP contribution < -0.4 is 15.8 Å². The maximum atomic E-state index is 11.9. The molecular weight excluding hydrogens is 278 g/mol. The molecule has 1 aromatic heterocycles. The molecule has 5 N–H and O–H groups in total. The van der Waals surface area contributed by atoms with Crippen LogP contribution in [0.5, 0.6) is 0 Å². The molecule has 0 aliphatic rings. The summed E-state index contributed by atoms with van der Waals surface area (Å²) in [6.07, 6.45) is 3.26. The average Bonchev–Trinajstić information content (AvgIpc) is 2.90. The Kier molecular flexibility index (Phi) is 4.26. The van der Waals surface area contributed by atoms with Crippen LogP contribution in [0, 0.1) is 0 Å². The number of nitrogen functional groups attached to an aromatic ring is 1. The van der Waals surface area contributed by atoms with Crippen LogP contribution >= 0.6 is 0 Å². The second-order valence-corrected chi connectivity index (χ2v) is 5.95. The highest BCUT2D eigenvalue weighted by molar-refractivity contribution is 7.89. The molecule has 1 aromatic carbocycles. The van der Waals surface area contributed by atoms with Crippen molar-refractivity contribution in [3.8, 4) is 0 Å². The zero-order chi connectivity index (χ0) is 14.6. The number of anilines is 2. The third-order valence-corrected chi connectivity index (χ3v) is 4.24. The number of H-pyrrole nitrogens is 1. The third kappa shape index (κ3) is 3.28. The number of hydrogen-bond acceptors (Lipinski definition) is 5. The molecule has 0 amide bonds. The van der Waals surface area contributed by atoms with Gasteiger partial charge in [0.15, 0.2) is 0 Å². The van der Waals surface area contributed by atoms with Crippen LogP contribution in [0.2, 0.25) is 0 Å². The Bertz CT molecular complexity index is 667. The van der Waals surface area contributed by atoms with Gasteiger partial charge in [-0.05, 0) is 18.2 Å². The topological polar surface area (TPSA) is 113 Å². The van der Waals surface area contributed by atoms with Gasteiger partial charge in [-0.3, -0.25) is 0 Å². The molecule has 0 radical (unpaired) electrons. The van der Waals surface area contributed by atoms with Crippen molar-refractivity contribution in [3.05, 3.63) is 36.4 Å². The minimum Gasteiger partial charge on any atom is -0.397 e. The molecule has 0 aliphatic carbocycles. The molecule has 8 heteroatoms. The van der Waals surface area contributed by atoms with Gasteiger partial charge >= 0.3 is 0 Å². The molecule has 0 spiro atoms. The number of aromatic nitrogens is 2. The van der Waals surface area contributed by atoms with Gasteiger partial charge in [-0.15, -0.1) is 0 Å². The summed E-state index contributed by atoms with van der Waals surface area (Å²) in [5, 5.41) is 3.08. The van der Waals surface area contributed by atoms with E-state index in [4.69, 9.17) is 5.73 Å². The summed E-state index contributed by atoms with van der Waals surface area (Å²) in [6.45, 7) is 2.55. The van der Waals surface area contributed by atoms with E-state index in [0.717, 1.165) is 5.69 Å². The maximum absolute atomic E-state index is 11.9. The molecule has 2 rings (SSSR count). The van der Waals surface area contributed by atoms with Crippen molar-refractivity contribution in [2.75, 3.05) is 17.6 Å². The first kappa shape index (κ1) is 14.4. The normalized spacial score (nSPS) is 11.4. The Morgan fingerprint density at radius 3 is 2.85 bits per heavy atom. The number of nitrogens with one attached hydrogen (secondary N) is 3. The summed E-state index contributed by atoms with van der Waals surface area (Å²) in [6, 6.07) is 4.57. The summed E-state index contributed by atoms with van der Waals surface area (Å²) >= 11 is 0. The predicted octanol–water partition coefficient (Wildman–Crippen LogP) is 0.902. The smallest absolute Gasteiger partial charge is 0.240 e. The molecule has 2 aromatic rings. The molecule has 0 atom stereocenters. The highest BCUT2D eigenvalue weighted by atomic mass is 32.2. The van der Waals surface area contributed by atoms with E-state index < -0.39 is 10.0 Å². The Hall–Kier alpha value is -2.06. The largest absolute Gasteiger partial charge is 0.397 e. The first-order chi connectivity index (χ1) is 9.53. The van der Waals surface area contributed by atoms with E-state index in [-0.39, 0.29) is 4.90 Å². The van der Waals surface area contributed by atoms with Crippen molar-refractivity contribution in [2.24, 2.45) is 0 Å². The van der Waals surface area contributed by atoms with Crippen molar-refractivity contribution in [2.45, 2.75) is 18.4 Å². The molecule has 0 fully saturated rings. The van der Waals surface area contributed by atoms with Gasteiger partial charge in [0, 0.05) is 12.7 Å². The van der Waals surface area contributed by atoms with Crippen LogP contribution in [0.15, 0.2) is 35.6 Å². The SMILES string of the molecule is CCNS(=O)(=O)c1ccc(N)c(NCc2cnc[nH]2)c1. The molecule has 0 unspecified atom stereocenters. The molecule has 0 bridgehead atoms. The lowest BCUT2D eigenvalue weighted by molar-refractivity contribution is 0.584. The molecule has 0 saturated heterocycles. The van der Waals surface area contributed by atoms with Crippen molar-refractivity contribution in [1.29, 1.82) is 0 Å². The monoisotopic (exact) mass is 295 g/mol. The summed E-state index contributed by atoms with van der Waals surface area (Å²) in [5.41, 5.74) is 7.78. The lowest BCUT2D eigenvalue weighted by atomic mass is 10.2. The molecule has 0 aliphatic heterocycles. The van der Waals surface area contributed by atoms with Crippen LogP contribution in [0.1, 0.15) is 12.6 Å². The van der Waals surface area contributed by atoms with Crippen molar-refractivity contribution in [3.63, 3.8) is 0 Å². The fourth-order valence-electron chi connectivity index (χ4n) is 1.70. The van der Waals surface area contributed by atoms with Gasteiger partial charge < -0.3 is 16.0 Å². The van der Waals surface area contributed by atoms with Crippen LogP contribution in [0.4, 0.5) is 11.4 Å². The minimum atomic E-state index is -3.49. The summed E-state index contributed by atoms with van der Waals surface area (Å²) < 4.78 is 26.3. The Morgan fingerprint density at radius 2 is 2.20 bits per heavy atom. The third-order valence-electron chi connectivity index (χ3n) is 2.69. The number of sulfonamides is 1. The van der Waals surface area contributed by atoms with Crippen molar-refractivity contribution >= 4 is 21.4 Å². The zero-order valence-corrected chi connectivity index (χ0v) is 11.9. The van der Waals surface area contributed by atoms with Gasteiger partial charge in [-0.1, -0.05) is 6.92 Å². The average molecular weight is 295 g/mol. The van der Waals surface area contributed by atoms with E-state index in [0.29, 0.717) is 24.5 Å². The van der Waals surface area contributed by atoms with Gasteiger partial charge in [0.2, 0.25) is 10.0 Å². The molecule has 7 nitrogen and oxygen atoms in total. The fourth-order valence-corrected chi connectivity index (χ4v) is 2.77. The van der Waals surface area contributed by atoms with Crippen LogP contribution in [-0.4, -0.2) is 24.9 Å². The first-order valence-electron chi connectivity index (χ1n) is 6.13. The number of hydrogen-bond donors (Lipinski definition) is 4. The number of imidazole rings is 1. The lowest BCUT2D eigenvalue weighted by Crippen LogP contribution is -2.23. The maximum Gasteiger partial charge on any atom is 0.240 e. The quantitative estimate of drug-likeness (QED) is 0.591. The second-order valence-electron chi connectivity index (χ2n) is 4.18. The van der Waals surface area contributed by atoms with Gasteiger partial charge in [0.25, 0.3) is 0 Å². The standard InChI is InChI=1S/C12H17N5O2S/c1-2-17-20(18,19)10-3-4-11(13)12(5-10)15-7-9-6-14-8-16-9/h3-6,8,15,17H,2,7,13H2,1H3,(H,14,16). The van der Waals surface area contributed by atoms with Gasteiger partial charge in [-0.2, -0.15) is 0 Å². The number of aromatic amines is 1. The first-order valence-corrected chi connectivity index (χ1v) is 7.61. The minimum absolute atomic E-state index is 0.181. The van der Waals surface area contributed by atoms with E-state index in [1.807, 2.05) is 0 Å².